The molecule has 0 spiro atoms. The summed E-state index contributed by atoms with van der Waals surface area (Å²) in [7, 11) is 0. The molecule has 6 N–H and O–H groups in total. The number of ketones is 6. The molecule has 24 nitrogen and oxygen atoms in total. The van der Waals surface area contributed by atoms with Crippen LogP contribution in [-0.4, -0.2) is 202 Å². The van der Waals surface area contributed by atoms with Crippen molar-refractivity contribution in [3.63, 3.8) is 0 Å². The second-order valence-electron chi connectivity index (χ2n) is 31.1. The lowest BCUT2D eigenvalue weighted by molar-refractivity contribution is -0.128. The number of Topliss-reactive ketones (excluding diaryl/α,β-unsaturated/α-hetero) is 6. The normalized spacial score (nSPS) is 22.3. The van der Waals surface area contributed by atoms with Gasteiger partial charge >= 0.3 is 0 Å². The average Bonchev–Trinajstić information content (AvgIpc) is 0.907. The van der Waals surface area contributed by atoms with E-state index < -0.39 is 59.5 Å². The van der Waals surface area contributed by atoms with E-state index in [4.69, 9.17) is 51.6 Å². The summed E-state index contributed by atoms with van der Waals surface area (Å²) in [5, 5.41) is 18.4. The molecule has 3 aliphatic rings. The van der Waals surface area contributed by atoms with E-state index in [1.807, 2.05) is 115 Å². The van der Waals surface area contributed by atoms with Crippen LogP contribution in [-0.2, 0) is 124 Å². The number of rotatable bonds is 18. The quantitative estimate of drug-likeness (QED) is 0.0465. The van der Waals surface area contributed by atoms with Gasteiger partial charge in [-0.25, -0.2) is 4.39 Å². The number of carbonyl (C=O) groups is 12. The number of halogens is 3. The first kappa shape index (κ1) is 104. The molecule has 0 unspecified atom stereocenters. The van der Waals surface area contributed by atoms with Gasteiger partial charge in [0, 0.05) is 120 Å². The van der Waals surface area contributed by atoms with Crippen LogP contribution in [0.5, 0.6) is 0 Å². The minimum Gasteiger partial charge on any atom is -0.377 e. The second-order valence-corrected chi connectivity index (χ2v) is 35.1. The number of carbonyl (C=O) groups excluding carboxylic acids is 12. The minimum absolute atomic E-state index is 0.00942. The van der Waals surface area contributed by atoms with Crippen LogP contribution < -0.4 is 31.9 Å². The van der Waals surface area contributed by atoms with Gasteiger partial charge in [-0.05, 0) is 129 Å². The molecule has 3 aliphatic heterocycles. The van der Waals surface area contributed by atoms with Gasteiger partial charge in [0.25, 0.3) is 0 Å². The molecule has 3 heterocycles. The van der Waals surface area contributed by atoms with Gasteiger partial charge in [0.1, 0.15) is 23.2 Å². The molecule has 0 aromatic heterocycles. The molecule has 9 rings (SSSR count). The summed E-state index contributed by atoms with van der Waals surface area (Å²) >= 11 is 15.2. The molecule has 3 fully saturated rings. The topological polar surface area (TPSA) is 332 Å². The molecule has 0 radical (unpaired) electrons. The number of hydrogen-bond acceptors (Lipinski definition) is 24. The fourth-order valence-electron chi connectivity index (χ4n) is 13.9. The molecule has 0 saturated carbocycles. The van der Waals surface area contributed by atoms with E-state index >= 15 is 0 Å². The van der Waals surface area contributed by atoms with Crippen LogP contribution in [0.1, 0.15) is 92.7 Å². The van der Waals surface area contributed by atoms with E-state index in [1.165, 1.54) is 32.9 Å². The summed E-state index contributed by atoms with van der Waals surface area (Å²) < 4.78 is 47.5. The van der Waals surface area contributed by atoms with E-state index in [1.54, 1.807) is 36.4 Å². The van der Waals surface area contributed by atoms with Crippen LogP contribution in [0.2, 0.25) is 10.0 Å². The van der Waals surface area contributed by atoms with Gasteiger partial charge in [-0.3, -0.25) is 43.2 Å². The fourth-order valence-corrected chi connectivity index (χ4v) is 17.3. The predicted octanol–water partition coefficient (Wildman–Crippen LogP) is 12.1. The Balaban J connectivity index is 0.000000259. The molecule has 126 heavy (non-hydrogen) atoms. The minimum atomic E-state index is -0.773. The Morgan fingerprint density at radius 2 is 0.643 bits per heavy atom. The maximum absolute atomic E-state index is 14.0. The average molecular weight is 1830 g/mol. The maximum Gasteiger partial charge on any atom is 0.224 e. The molecular formula is C96H117Cl2FN6O18S3. The molecular weight excluding hydrogens is 1710 g/mol. The first-order chi connectivity index (χ1) is 60.6. The highest BCUT2D eigenvalue weighted by Crippen LogP contribution is 2.30. The van der Waals surface area contributed by atoms with Crippen molar-refractivity contribution in [3.05, 3.63) is 250 Å². The largest absolute Gasteiger partial charge is 0.377 e. The molecule has 6 aromatic carbocycles. The first-order valence-corrected chi connectivity index (χ1v) is 45.9. The van der Waals surface area contributed by atoms with Crippen molar-refractivity contribution >= 4 is 126 Å². The van der Waals surface area contributed by atoms with E-state index in [-0.39, 0.29) is 189 Å². The predicted molar refractivity (Wildman–Crippen MR) is 491 cm³/mol. The van der Waals surface area contributed by atoms with Crippen molar-refractivity contribution in [2.75, 3.05) is 116 Å². The maximum atomic E-state index is 14.0. The van der Waals surface area contributed by atoms with E-state index in [0.717, 1.165) is 63.1 Å². The van der Waals surface area contributed by atoms with Gasteiger partial charge in [0.2, 0.25) is 17.7 Å². The van der Waals surface area contributed by atoms with Crippen LogP contribution in [0.4, 0.5) is 4.39 Å². The smallest absolute Gasteiger partial charge is 0.224 e. The number of amides is 3. The summed E-state index contributed by atoms with van der Waals surface area (Å²) in [4.78, 5) is 156. The van der Waals surface area contributed by atoms with Gasteiger partial charge in [-0.1, -0.05) is 206 Å². The number of ether oxygens (including phenoxy) is 6. The van der Waals surface area contributed by atoms with E-state index in [9.17, 15) is 61.9 Å². The Morgan fingerprint density at radius 1 is 0.349 bits per heavy atom. The third kappa shape index (κ3) is 41.6. The monoisotopic (exact) mass is 1830 g/mol. The zero-order chi connectivity index (χ0) is 91.0. The Kier molecular flexibility index (Phi) is 47.9. The lowest BCUT2D eigenvalue weighted by atomic mass is 9.91. The molecule has 678 valence electrons. The van der Waals surface area contributed by atoms with Crippen LogP contribution in [0.25, 0.3) is 0 Å². The summed E-state index contributed by atoms with van der Waals surface area (Å²) in [6, 6.07) is 47.2. The Labute approximate surface area is 761 Å². The van der Waals surface area contributed by atoms with Gasteiger partial charge in [0.15, 0.2) is 32.7 Å². The highest BCUT2D eigenvalue weighted by Gasteiger charge is 2.35. The van der Waals surface area contributed by atoms with Crippen LogP contribution in [0.15, 0.2) is 201 Å². The molecule has 9 atom stereocenters. The molecule has 0 bridgehead atoms. The highest BCUT2D eigenvalue weighted by molar-refractivity contribution is 8.14. The summed E-state index contributed by atoms with van der Waals surface area (Å²) in [5.74, 6) is -6.14. The third-order valence-electron chi connectivity index (χ3n) is 20.2. The van der Waals surface area contributed by atoms with Crippen molar-refractivity contribution in [2.24, 2.45) is 35.5 Å². The standard InChI is InChI=1S/2C32H39ClN2O6S.C32H39FN2O6S/c1-22-20-41-14-13-40-12-11-34-31(38)27(15-23(2)36)21-42-32(39)26(16-25-9-6-10-28(33)17-25)19-30(37)29(35-22)18-24-7-4-3-5-8-24;1-22-20-41-15-14-40-13-12-34-31(38)27(16-23(2)36)21-42-32(39)26(17-25-8-10-28(33)11-9-25)19-30(37)29(35-22)18-24-6-4-3-5-7-24;1-22-20-41-14-13-40-12-11-34-31(38)27(15-23(2)36)21-42-32(39)26(16-25-9-6-10-28(33)17-25)19-30(37)29(35-22)18-24-7-4-3-5-8-24/h3-10,17,26-27,29,35H,1,11-16,18-21H2,2H3,(H,34,38);3-11,26-27,29,35H,1,12-21H2,2H3,(H,34,38);3-10,17,26-27,29,35H,1,11-16,18-21H2,2H3,(H,34,38)/t3*26-,27+,29+/m111/s1. The Hall–Kier alpha value is -9.30. The number of hydrogen-bond donors (Lipinski definition) is 6. The van der Waals surface area contributed by atoms with Crippen molar-refractivity contribution in [1.82, 2.24) is 31.9 Å². The third-order valence-corrected chi connectivity index (χ3v) is 24.3. The van der Waals surface area contributed by atoms with Gasteiger partial charge in [-0.15, -0.1) is 0 Å². The SMILES string of the molecule is C=C1COCCOCCNC(=O)[C@@H](CC(C)=O)CSC(=O)[C@H](Cc2ccc(Cl)cc2)CC(=O)[C@H](Cc2ccccc2)N1.C=C1COCCOCCNC(=O)[C@@H](CC(C)=O)CSC(=O)[C@H](Cc2cccc(Cl)c2)CC(=O)[C@H](Cc2ccccc2)N1.C=C1COCCOCCNC(=O)[C@@H](CC(C)=O)CSC(=O)[C@H](Cc2cccc(F)c2)CC(=O)[C@H](Cc2ccccc2)N1. The summed E-state index contributed by atoms with van der Waals surface area (Å²) in [6.07, 6.45) is 1.88. The van der Waals surface area contributed by atoms with Crippen molar-refractivity contribution < 1.29 is 90.3 Å². The molecule has 0 aliphatic carbocycles. The van der Waals surface area contributed by atoms with E-state index in [2.05, 4.69) is 51.6 Å². The van der Waals surface area contributed by atoms with Gasteiger partial charge < -0.3 is 74.7 Å². The summed E-state index contributed by atoms with van der Waals surface area (Å²) in [6.45, 7) is 20.4. The van der Waals surface area contributed by atoms with Crippen molar-refractivity contribution in [1.29, 1.82) is 0 Å². The number of benzene rings is 6. The van der Waals surface area contributed by atoms with Gasteiger partial charge in [0.05, 0.1) is 115 Å². The highest BCUT2D eigenvalue weighted by atomic mass is 35.5. The molecule has 30 heteroatoms. The molecule has 6 aromatic rings. The van der Waals surface area contributed by atoms with Gasteiger partial charge in [-0.2, -0.15) is 0 Å². The Bertz CT molecular complexity index is 4370. The summed E-state index contributed by atoms with van der Waals surface area (Å²) in [5.41, 5.74) is 6.77. The van der Waals surface area contributed by atoms with Crippen LogP contribution in [0.3, 0.4) is 0 Å². The first-order valence-electron chi connectivity index (χ1n) is 42.2. The zero-order valence-electron chi connectivity index (χ0n) is 71.8. The van der Waals surface area contributed by atoms with Crippen molar-refractivity contribution in [3.8, 4) is 0 Å². The number of nitrogens with one attached hydrogen (secondary N) is 6. The van der Waals surface area contributed by atoms with Crippen LogP contribution in [0, 0.1) is 41.3 Å². The second kappa shape index (κ2) is 58.2. The fraction of sp³-hybridized carbons (Fsp3) is 0.438. The molecule has 3 saturated heterocycles. The number of thioether (sulfide) groups is 3. The molecule has 3 amide bonds. The lowest BCUT2D eigenvalue weighted by Crippen LogP contribution is -2.40. The Morgan fingerprint density at radius 3 is 0.960 bits per heavy atom. The zero-order valence-corrected chi connectivity index (χ0v) is 75.8. The van der Waals surface area contributed by atoms with Crippen LogP contribution >= 0.6 is 58.5 Å². The van der Waals surface area contributed by atoms with E-state index in [0.29, 0.717) is 104 Å². The lowest BCUT2D eigenvalue weighted by Gasteiger charge is -2.23. The van der Waals surface area contributed by atoms with Crippen molar-refractivity contribution in [2.45, 2.75) is 116 Å².